The summed E-state index contributed by atoms with van der Waals surface area (Å²) in [6, 6.07) is 8.09. The number of carbonyl (C=O) groups is 1. The SMILES string of the molecule is CC1(N2CCC(c3cc4cc(NC(=O)C5CCC5C#N)ncc4cc3Cl)CC2)COCC1F. The van der Waals surface area contributed by atoms with Crippen molar-refractivity contribution in [2.24, 2.45) is 11.8 Å². The van der Waals surface area contributed by atoms with Crippen LogP contribution in [0.1, 0.15) is 44.1 Å². The molecule has 0 spiro atoms. The van der Waals surface area contributed by atoms with E-state index in [0.717, 1.165) is 55.1 Å². The summed E-state index contributed by atoms with van der Waals surface area (Å²) in [6.45, 7) is 4.18. The van der Waals surface area contributed by atoms with Gasteiger partial charge >= 0.3 is 0 Å². The fourth-order valence-corrected chi connectivity index (χ4v) is 5.71. The molecule has 3 aliphatic rings. The lowest BCUT2D eigenvalue weighted by atomic mass is 9.74. The maximum atomic E-state index is 14.4. The van der Waals surface area contributed by atoms with Crippen LogP contribution < -0.4 is 5.32 Å². The first-order chi connectivity index (χ1) is 15.9. The molecule has 1 aromatic heterocycles. The van der Waals surface area contributed by atoms with E-state index in [9.17, 15) is 9.18 Å². The molecule has 33 heavy (non-hydrogen) atoms. The van der Waals surface area contributed by atoms with E-state index in [0.29, 0.717) is 23.4 Å². The first kappa shape index (κ1) is 22.5. The van der Waals surface area contributed by atoms with Gasteiger partial charge in [-0.05, 0) is 80.8 Å². The molecule has 174 valence electrons. The van der Waals surface area contributed by atoms with Crippen molar-refractivity contribution in [1.29, 1.82) is 5.26 Å². The van der Waals surface area contributed by atoms with Crippen molar-refractivity contribution in [1.82, 2.24) is 9.88 Å². The van der Waals surface area contributed by atoms with Crippen molar-refractivity contribution in [2.45, 2.75) is 50.2 Å². The van der Waals surface area contributed by atoms with Crippen LogP contribution in [0, 0.1) is 23.2 Å². The second kappa shape index (κ2) is 8.83. The van der Waals surface area contributed by atoms with Crippen molar-refractivity contribution in [3.05, 3.63) is 35.0 Å². The third kappa shape index (κ3) is 4.09. The summed E-state index contributed by atoms with van der Waals surface area (Å²) in [5.41, 5.74) is 0.544. The number of nitrogens with zero attached hydrogens (tertiary/aromatic N) is 3. The third-order valence-electron chi connectivity index (χ3n) is 7.86. The fourth-order valence-electron chi connectivity index (χ4n) is 5.38. The predicted octanol–water partition coefficient (Wildman–Crippen LogP) is 4.68. The lowest BCUT2D eigenvalue weighted by molar-refractivity contribution is -0.123. The molecule has 2 saturated heterocycles. The number of nitrogens with one attached hydrogen (secondary N) is 1. The third-order valence-corrected chi connectivity index (χ3v) is 8.18. The van der Waals surface area contributed by atoms with Crippen LogP contribution in [0.25, 0.3) is 10.8 Å². The first-order valence-corrected chi connectivity index (χ1v) is 12.0. The lowest BCUT2D eigenvalue weighted by Crippen LogP contribution is -2.55. The Hall–Kier alpha value is -2.27. The van der Waals surface area contributed by atoms with Crippen molar-refractivity contribution < 1.29 is 13.9 Å². The van der Waals surface area contributed by atoms with Crippen molar-refractivity contribution >= 4 is 34.1 Å². The van der Waals surface area contributed by atoms with E-state index in [-0.39, 0.29) is 24.3 Å². The van der Waals surface area contributed by atoms with Crippen LogP contribution in [0.2, 0.25) is 5.02 Å². The van der Waals surface area contributed by atoms with E-state index in [2.05, 4.69) is 27.3 Å². The Morgan fingerprint density at radius 3 is 2.70 bits per heavy atom. The number of aromatic nitrogens is 1. The zero-order valence-electron chi connectivity index (χ0n) is 18.7. The number of nitriles is 1. The van der Waals surface area contributed by atoms with E-state index in [1.54, 1.807) is 6.20 Å². The molecule has 4 atom stereocenters. The number of fused-ring (bicyclic) bond motifs is 1. The highest BCUT2D eigenvalue weighted by Gasteiger charge is 2.46. The molecule has 1 amide bonds. The van der Waals surface area contributed by atoms with E-state index < -0.39 is 11.7 Å². The Kier molecular flexibility index (Phi) is 6.02. The van der Waals surface area contributed by atoms with Crippen LogP contribution in [0.15, 0.2) is 24.4 Å². The lowest BCUT2D eigenvalue weighted by Gasteiger charge is -2.43. The Balaban J connectivity index is 1.31. The second-order valence-corrected chi connectivity index (χ2v) is 10.2. The number of benzene rings is 1. The van der Waals surface area contributed by atoms with Gasteiger partial charge in [-0.1, -0.05) is 11.6 Å². The Labute approximate surface area is 198 Å². The van der Waals surface area contributed by atoms with E-state index in [1.165, 1.54) is 0 Å². The molecule has 1 N–H and O–H groups in total. The number of likely N-dealkylation sites (tertiary alicyclic amines) is 1. The standard InChI is InChI=1S/C25H28ClFN4O2/c1-25(14-33-13-22(25)27)31-6-4-15(5-7-31)20-8-17-10-23(29-12-18(17)9-21(20)26)30-24(32)19-3-2-16(19)11-28/h8-10,12,15-16,19,22H,2-7,13-14H2,1H3,(H,29,30,32). The number of rotatable bonds is 4. The summed E-state index contributed by atoms with van der Waals surface area (Å²) >= 11 is 6.65. The number of piperidine rings is 1. The van der Waals surface area contributed by atoms with Gasteiger partial charge < -0.3 is 10.1 Å². The molecule has 2 aromatic rings. The quantitative estimate of drug-likeness (QED) is 0.701. The minimum atomic E-state index is -0.956. The molecule has 6 nitrogen and oxygen atoms in total. The fraction of sp³-hybridized carbons (Fsp3) is 0.560. The van der Waals surface area contributed by atoms with Gasteiger partial charge in [0, 0.05) is 16.6 Å². The molecule has 8 heteroatoms. The van der Waals surface area contributed by atoms with Gasteiger partial charge in [-0.15, -0.1) is 0 Å². The smallest absolute Gasteiger partial charge is 0.229 e. The van der Waals surface area contributed by atoms with Gasteiger partial charge in [0.2, 0.25) is 5.91 Å². The Bertz CT molecular complexity index is 1110. The van der Waals surface area contributed by atoms with Gasteiger partial charge in [0.15, 0.2) is 0 Å². The minimum Gasteiger partial charge on any atom is -0.376 e. The molecule has 1 aliphatic carbocycles. The van der Waals surface area contributed by atoms with E-state index in [1.807, 2.05) is 19.1 Å². The number of alkyl halides is 1. The molecule has 5 rings (SSSR count). The van der Waals surface area contributed by atoms with Crippen LogP contribution in [0.3, 0.4) is 0 Å². The highest BCUT2D eigenvalue weighted by molar-refractivity contribution is 6.32. The summed E-state index contributed by atoms with van der Waals surface area (Å²) in [4.78, 5) is 19.1. The number of halogens is 2. The number of carbonyl (C=O) groups excluding carboxylic acids is 1. The van der Waals surface area contributed by atoms with Crippen molar-refractivity contribution in [3.63, 3.8) is 0 Å². The number of ether oxygens (including phenoxy) is 1. The van der Waals surface area contributed by atoms with E-state index in [4.69, 9.17) is 21.6 Å². The highest BCUT2D eigenvalue weighted by Crippen LogP contribution is 2.39. The topological polar surface area (TPSA) is 78.3 Å². The van der Waals surface area contributed by atoms with Gasteiger partial charge in [-0.2, -0.15) is 5.26 Å². The number of hydrogen-bond donors (Lipinski definition) is 1. The number of pyridine rings is 1. The molecule has 2 aliphatic heterocycles. The maximum absolute atomic E-state index is 14.4. The Morgan fingerprint density at radius 2 is 2.06 bits per heavy atom. The van der Waals surface area contributed by atoms with Crippen LogP contribution in [-0.2, 0) is 9.53 Å². The zero-order chi connectivity index (χ0) is 23.2. The van der Waals surface area contributed by atoms with Crippen molar-refractivity contribution in [3.8, 4) is 6.07 Å². The zero-order valence-corrected chi connectivity index (χ0v) is 19.4. The Morgan fingerprint density at radius 1 is 1.27 bits per heavy atom. The molecule has 3 fully saturated rings. The summed E-state index contributed by atoms with van der Waals surface area (Å²) in [5, 5.41) is 14.6. The molecule has 1 aromatic carbocycles. The minimum absolute atomic E-state index is 0.142. The van der Waals surface area contributed by atoms with Gasteiger partial charge in [0.25, 0.3) is 0 Å². The average molecular weight is 471 g/mol. The van der Waals surface area contributed by atoms with Gasteiger partial charge in [0.1, 0.15) is 12.0 Å². The number of amides is 1. The average Bonchev–Trinajstić information content (AvgIpc) is 3.12. The summed E-state index contributed by atoms with van der Waals surface area (Å²) in [7, 11) is 0. The van der Waals surface area contributed by atoms with Gasteiger partial charge in [-0.25, -0.2) is 9.37 Å². The summed E-state index contributed by atoms with van der Waals surface area (Å²) in [6.07, 6.45) is 4.08. The second-order valence-electron chi connectivity index (χ2n) is 9.80. The van der Waals surface area contributed by atoms with Crippen LogP contribution >= 0.6 is 11.6 Å². The molecule has 0 radical (unpaired) electrons. The molecule has 0 bridgehead atoms. The molecule has 3 heterocycles. The predicted molar refractivity (Wildman–Crippen MR) is 125 cm³/mol. The largest absolute Gasteiger partial charge is 0.376 e. The summed E-state index contributed by atoms with van der Waals surface area (Å²) in [5.74, 6) is 0.181. The maximum Gasteiger partial charge on any atom is 0.229 e. The molecular weight excluding hydrogens is 443 g/mol. The van der Waals surface area contributed by atoms with Crippen LogP contribution in [0.4, 0.5) is 10.2 Å². The normalized spacial score (nSPS) is 30.7. The highest BCUT2D eigenvalue weighted by atomic mass is 35.5. The number of hydrogen-bond acceptors (Lipinski definition) is 5. The van der Waals surface area contributed by atoms with Crippen molar-refractivity contribution in [2.75, 3.05) is 31.6 Å². The summed E-state index contributed by atoms with van der Waals surface area (Å²) < 4.78 is 19.8. The van der Waals surface area contributed by atoms with Crippen LogP contribution in [0.5, 0.6) is 0 Å². The van der Waals surface area contributed by atoms with Gasteiger partial charge in [-0.3, -0.25) is 9.69 Å². The molecule has 4 unspecified atom stereocenters. The van der Waals surface area contributed by atoms with Gasteiger partial charge in [0.05, 0.1) is 36.7 Å². The van der Waals surface area contributed by atoms with E-state index >= 15 is 0 Å². The molecular formula is C25H28ClFN4O2. The first-order valence-electron chi connectivity index (χ1n) is 11.7. The van der Waals surface area contributed by atoms with Crippen LogP contribution in [-0.4, -0.2) is 53.8 Å². The number of anilines is 1. The molecule has 1 saturated carbocycles. The monoisotopic (exact) mass is 470 g/mol.